The molecule has 82 valence electrons. The summed E-state index contributed by atoms with van der Waals surface area (Å²) in [5.74, 6) is -1.14. The van der Waals surface area contributed by atoms with Gasteiger partial charge in [0.25, 0.3) is 0 Å². The van der Waals surface area contributed by atoms with Gasteiger partial charge in [0.05, 0.1) is 17.8 Å². The van der Waals surface area contributed by atoms with E-state index in [1.807, 2.05) is 6.92 Å². The van der Waals surface area contributed by atoms with Crippen LogP contribution in [0.25, 0.3) is 0 Å². The lowest BCUT2D eigenvalue weighted by molar-refractivity contribution is -0.149. The first-order valence-electron chi connectivity index (χ1n) is 4.86. The smallest absolute Gasteiger partial charge is 0.346 e. The molecular formula is C11H14O4. The van der Waals surface area contributed by atoms with Gasteiger partial charge in [-0.3, -0.25) is 0 Å². The van der Waals surface area contributed by atoms with Crippen molar-refractivity contribution in [3.63, 3.8) is 0 Å². The molecule has 0 aromatic rings. The topological polar surface area (TPSA) is 52.6 Å². The molecule has 1 aliphatic heterocycles. The lowest BCUT2D eigenvalue weighted by Crippen LogP contribution is -1.97. The predicted octanol–water partition coefficient (Wildman–Crippen LogP) is 1.37. The summed E-state index contributed by atoms with van der Waals surface area (Å²) in [5.41, 5.74) is 0.675. The highest BCUT2D eigenvalue weighted by molar-refractivity contribution is 6.18. The highest BCUT2D eigenvalue weighted by Gasteiger charge is 2.32. The lowest BCUT2D eigenvalue weighted by atomic mass is 10.1. The quantitative estimate of drug-likeness (QED) is 0.399. The monoisotopic (exact) mass is 210 g/mol. The zero-order valence-corrected chi connectivity index (χ0v) is 8.91. The molecule has 4 nitrogen and oxygen atoms in total. The summed E-state index contributed by atoms with van der Waals surface area (Å²) in [6.45, 7) is 2.29. The summed E-state index contributed by atoms with van der Waals surface area (Å²) in [4.78, 5) is 22.5. The van der Waals surface area contributed by atoms with E-state index < -0.39 is 11.9 Å². The van der Waals surface area contributed by atoms with Crippen LogP contribution in [0.1, 0.15) is 19.8 Å². The van der Waals surface area contributed by atoms with Gasteiger partial charge in [0.1, 0.15) is 0 Å². The standard InChI is InChI=1S/C11H14O4/c1-3-4-5-8-9(6-7-14-2)11(13)15-10(8)12/h5-6H,3-4,7H2,1-2H3. The molecule has 0 aromatic carbocycles. The Kier molecular flexibility index (Phi) is 4.24. The maximum Gasteiger partial charge on any atom is 0.346 e. The van der Waals surface area contributed by atoms with Gasteiger partial charge in [-0.1, -0.05) is 19.4 Å². The highest BCUT2D eigenvalue weighted by Crippen LogP contribution is 2.22. The molecular weight excluding hydrogens is 196 g/mol. The first kappa shape index (κ1) is 11.7. The van der Waals surface area contributed by atoms with E-state index in [9.17, 15) is 9.59 Å². The summed E-state index contributed by atoms with van der Waals surface area (Å²) < 4.78 is 9.33. The molecule has 0 amide bonds. The fourth-order valence-electron chi connectivity index (χ4n) is 1.26. The van der Waals surface area contributed by atoms with Crippen LogP contribution in [0.2, 0.25) is 0 Å². The molecule has 15 heavy (non-hydrogen) atoms. The SMILES string of the molecule is CCCC=C1C(=O)OC(=O)C1=CCOC. The Morgan fingerprint density at radius 3 is 2.33 bits per heavy atom. The van der Waals surface area contributed by atoms with Gasteiger partial charge in [0, 0.05) is 7.11 Å². The number of rotatable bonds is 4. The number of methoxy groups -OCH3 is 1. The minimum absolute atomic E-state index is 0.293. The minimum Gasteiger partial charge on any atom is -0.386 e. The van der Waals surface area contributed by atoms with E-state index in [1.54, 1.807) is 12.2 Å². The van der Waals surface area contributed by atoms with Gasteiger partial charge in [-0.15, -0.1) is 0 Å². The third-order valence-electron chi connectivity index (χ3n) is 2.01. The largest absolute Gasteiger partial charge is 0.386 e. The minimum atomic E-state index is -0.584. The third-order valence-corrected chi connectivity index (χ3v) is 2.01. The highest BCUT2D eigenvalue weighted by atomic mass is 16.6. The average Bonchev–Trinajstić information content (AvgIpc) is 2.47. The van der Waals surface area contributed by atoms with Crippen LogP contribution in [0.4, 0.5) is 0 Å². The molecule has 0 radical (unpaired) electrons. The number of carbonyl (C=O) groups excluding carboxylic acids is 2. The van der Waals surface area contributed by atoms with Crippen LogP contribution < -0.4 is 0 Å². The molecule has 0 spiro atoms. The van der Waals surface area contributed by atoms with Crippen molar-refractivity contribution in [1.29, 1.82) is 0 Å². The summed E-state index contributed by atoms with van der Waals surface area (Å²) in [6, 6.07) is 0. The Morgan fingerprint density at radius 2 is 1.80 bits per heavy atom. The molecule has 0 bridgehead atoms. The van der Waals surface area contributed by atoms with E-state index in [2.05, 4.69) is 4.74 Å². The van der Waals surface area contributed by atoms with Crippen LogP contribution in [-0.2, 0) is 19.1 Å². The summed E-state index contributed by atoms with van der Waals surface area (Å²) in [5, 5.41) is 0. The number of hydrogen-bond donors (Lipinski definition) is 0. The second kappa shape index (κ2) is 5.46. The van der Waals surface area contributed by atoms with Crippen molar-refractivity contribution in [1.82, 2.24) is 0 Å². The van der Waals surface area contributed by atoms with Crippen molar-refractivity contribution in [3.05, 3.63) is 23.3 Å². The number of hydrogen-bond acceptors (Lipinski definition) is 4. The van der Waals surface area contributed by atoms with E-state index in [1.165, 1.54) is 7.11 Å². The zero-order valence-electron chi connectivity index (χ0n) is 8.91. The number of unbranched alkanes of at least 4 members (excludes halogenated alkanes) is 1. The third kappa shape index (κ3) is 2.76. The fraction of sp³-hybridized carbons (Fsp3) is 0.455. The molecule has 0 aliphatic carbocycles. The second-order valence-corrected chi connectivity index (χ2v) is 3.16. The van der Waals surface area contributed by atoms with E-state index in [0.717, 1.165) is 12.8 Å². The molecule has 4 heteroatoms. The molecule has 1 rings (SSSR count). The van der Waals surface area contributed by atoms with Gasteiger partial charge in [-0.2, -0.15) is 0 Å². The molecule has 0 saturated carbocycles. The Balaban J connectivity index is 2.90. The van der Waals surface area contributed by atoms with Crippen molar-refractivity contribution in [2.45, 2.75) is 19.8 Å². The Hall–Kier alpha value is -1.42. The predicted molar refractivity (Wildman–Crippen MR) is 54.0 cm³/mol. The maximum absolute atomic E-state index is 11.3. The van der Waals surface area contributed by atoms with Crippen molar-refractivity contribution >= 4 is 11.9 Å². The Labute approximate surface area is 88.6 Å². The van der Waals surface area contributed by atoms with E-state index in [4.69, 9.17) is 4.74 Å². The number of esters is 2. The molecule has 0 unspecified atom stereocenters. The van der Waals surface area contributed by atoms with E-state index >= 15 is 0 Å². The van der Waals surface area contributed by atoms with Crippen molar-refractivity contribution in [2.24, 2.45) is 0 Å². The number of ether oxygens (including phenoxy) is 2. The average molecular weight is 210 g/mol. The molecule has 1 heterocycles. The van der Waals surface area contributed by atoms with Crippen LogP contribution in [-0.4, -0.2) is 25.7 Å². The molecule has 0 N–H and O–H groups in total. The van der Waals surface area contributed by atoms with Crippen LogP contribution >= 0.6 is 0 Å². The first-order chi connectivity index (χ1) is 7.20. The first-order valence-corrected chi connectivity index (χ1v) is 4.86. The molecule has 1 fully saturated rings. The van der Waals surface area contributed by atoms with Crippen molar-refractivity contribution in [2.75, 3.05) is 13.7 Å². The normalized spacial score (nSPS) is 21.5. The number of carbonyl (C=O) groups is 2. The zero-order chi connectivity index (χ0) is 11.3. The number of allylic oxidation sites excluding steroid dienone is 1. The molecule has 0 atom stereocenters. The Morgan fingerprint density at radius 1 is 1.20 bits per heavy atom. The van der Waals surface area contributed by atoms with Crippen LogP contribution in [0.5, 0.6) is 0 Å². The van der Waals surface area contributed by atoms with Gasteiger partial charge >= 0.3 is 11.9 Å². The van der Waals surface area contributed by atoms with E-state index in [0.29, 0.717) is 17.8 Å². The summed E-state index contributed by atoms with van der Waals surface area (Å²) in [7, 11) is 1.52. The molecule has 1 aliphatic rings. The van der Waals surface area contributed by atoms with Gasteiger partial charge in [0.2, 0.25) is 0 Å². The molecule has 0 aromatic heterocycles. The van der Waals surface area contributed by atoms with Crippen LogP contribution in [0.3, 0.4) is 0 Å². The van der Waals surface area contributed by atoms with Gasteiger partial charge < -0.3 is 9.47 Å². The summed E-state index contributed by atoms with van der Waals surface area (Å²) >= 11 is 0. The van der Waals surface area contributed by atoms with Gasteiger partial charge in [-0.25, -0.2) is 9.59 Å². The van der Waals surface area contributed by atoms with Crippen molar-refractivity contribution < 1.29 is 19.1 Å². The van der Waals surface area contributed by atoms with Gasteiger partial charge in [-0.05, 0) is 12.5 Å². The molecule has 1 saturated heterocycles. The van der Waals surface area contributed by atoms with Crippen LogP contribution in [0.15, 0.2) is 23.3 Å². The Bertz CT molecular complexity index is 293. The number of cyclic esters (lactones) is 2. The van der Waals surface area contributed by atoms with Crippen LogP contribution in [0, 0.1) is 0 Å². The van der Waals surface area contributed by atoms with E-state index in [-0.39, 0.29) is 0 Å². The van der Waals surface area contributed by atoms with Gasteiger partial charge in [0.15, 0.2) is 0 Å². The second-order valence-electron chi connectivity index (χ2n) is 3.16. The fourth-order valence-corrected chi connectivity index (χ4v) is 1.26. The summed E-state index contributed by atoms with van der Waals surface area (Å²) in [6.07, 6.45) is 4.97. The van der Waals surface area contributed by atoms with Crippen molar-refractivity contribution in [3.8, 4) is 0 Å². The maximum atomic E-state index is 11.3. The lowest BCUT2D eigenvalue weighted by Gasteiger charge is -1.94.